The lowest BCUT2D eigenvalue weighted by atomic mass is 10.1. The molecule has 0 saturated carbocycles. The lowest BCUT2D eigenvalue weighted by Gasteiger charge is -2.09. The molecule has 0 aliphatic carbocycles. The van der Waals surface area contributed by atoms with Gasteiger partial charge in [0.25, 0.3) is 5.89 Å². The molecule has 0 unspecified atom stereocenters. The molecule has 0 bridgehead atoms. The van der Waals surface area contributed by atoms with Crippen molar-refractivity contribution in [1.29, 1.82) is 0 Å². The molecule has 0 N–H and O–H groups in total. The lowest BCUT2D eigenvalue weighted by Crippen LogP contribution is -2.05. The summed E-state index contributed by atoms with van der Waals surface area (Å²) in [6.07, 6.45) is 1.12. The maximum atomic E-state index is 5.61. The van der Waals surface area contributed by atoms with Crippen LogP contribution in [0.4, 0.5) is 0 Å². The van der Waals surface area contributed by atoms with Gasteiger partial charge < -0.3 is 14.0 Å². The van der Waals surface area contributed by atoms with Crippen molar-refractivity contribution in [2.75, 3.05) is 13.2 Å². The van der Waals surface area contributed by atoms with Crippen molar-refractivity contribution in [1.82, 2.24) is 10.1 Å². The van der Waals surface area contributed by atoms with Crippen LogP contribution in [0.25, 0.3) is 11.5 Å². The highest BCUT2D eigenvalue weighted by atomic mass is 16.5. The predicted octanol–water partition coefficient (Wildman–Crippen LogP) is 3.03. The highest BCUT2D eigenvalue weighted by Gasteiger charge is 2.23. The van der Waals surface area contributed by atoms with E-state index in [2.05, 4.69) is 10.1 Å². The van der Waals surface area contributed by atoms with Crippen LogP contribution in [0.5, 0.6) is 5.75 Å². The SMILES string of the molecule is CC(C)Oc1ccc(-c2nc([C@@H]3CCOC3)no2)cc1. The summed E-state index contributed by atoms with van der Waals surface area (Å²) in [6.45, 7) is 5.46. The molecule has 0 amide bonds. The Hall–Kier alpha value is -1.88. The summed E-state index contributed by atoms with van der Waals surface area (Å²) in [5.41, 5.74) is 0.902. The van der Waals surface area contributed by atoms with Crippen LogP contribution in [0.3, 0.4) is 0 Å². The quantitative estimate of drug-likeness (QED) is 0.857. The molecule has 1 aromatic carbocycles. The van der Waals surface area contributed by atoms with E-state index in [1.54, 1.807) is 0 Å². The Labute approximate surface area is 117 Å². The van der Waals surface area contributed by atoms with Gasteiger partial charge in [-0.3, -0.25) is 0 Å². The smallest absolute Gasteiger partial charge is 0.257 e. The average molecular weight is 274 g/mol. The van der Waals surface area contributed by atoms with Crippen molar-refractivity contribution in [3.8, 4) is 17.2 Å². The van der Waals surface area contributed by atoms with Crippen LogP contribution in [-0.4, -0.2) is 29.5 Å². The molecule has 0 radical (unpaired) electrons. The third-order valence-corrected chi connectivity index (χ3v) is 3.21. The lowest BCUT2D eigenvalue weighted by molar-refractivity contribution is 0.192. The number of hydrogen-bond donors (Lipinski definition) is 0. The van der Waals surface area contributed by atoms with E-state index in [0.29, 0.717) is 12.5 Å². The Balaban J connectivity index is 1.75. The molecule has 1 aliphatic heterocycles. The fourth-order valence-electron chi connectivity index (χ4n) is 2.20. The van der Waals surface area contributed by atoms with Gasteiger partial charge in [0.05, 0.1) is 12.7 Å². The molecule has 5 nitrogen and oxygen atoms in total. The summed E-state index contributed by atoms with van der Waals surface area (Å²) in [7, 11) is 0. The zero-order valence-electron chi connectivity index (χ0n) is 11.7. The predicted molar refractivity (Wildman–Crippen MR) is 73.7 cm³/mol. The number of nitrogens with zero attached hydrogens (tertiary/aromatic N) is 2. The second kappa shape index (κ2) is 5.63. The molecule has 2 heterocycles. The molecule has 20 heavy (non-hydrogen) atoms. The Kier molecular flexibility index (Phi) is 3.69. The molecule has 1 aliphatic rings. The van der Waals surface area contributed by atoms with Gasteiger partial charge in [0.15, 0.2) is 5.82 Å². The van der Waals surface area contributed by atoms with Crippen LogP contribution in [0.15, 0.2) is 28.8 Å². The standard InChI is InChI=1S/C15H18N2O3/c1-10(2)19-13-5-3-11(4-6-13)15-16-14(17-20-15)12-7-8-18-9-12/h3-6,10,12H,7-9H2,1-2H3/t12-/m1/s1. The maximum absolute atomic E-state index is 5.61. The third kappa shape index (κ3) is 2.82. The third-order valence-electron chi connectivity index (χ3n) is 3.21. The summed E-state index contributed by atoms with van der Waals surface area (Å²) >= 11 is 0. The van der Waals surface area contributed by atoms with Crippen molar-refractivity contribution in [2.24, 2.45) is 0 Å². The van der Waals surface area contributed by atoms with Gasteiger partial charge >= 0.3 is 0 Å². The zero-order valence-corrected chi connectivity index (χ0v) is 11.7. The summed E-state index contributed by atoms with van der Waals surface area (Å²) in [4.78, 5) is 4.45. The second-order valence-electron chi connectivity index (χ2n) is 5.21. The first-order valence-electron chi connectivity index (χ1n) is 6.91. The fourth-order valence-corrected chi connectivity index (χ4v) is 2.20. The number of benzene rings is 1. The fraction of sp³-hybridized carbons (Fsp3) is 0.467. The topological polar surface area (TPSA) is 57.4 Å². The van der Waals surface area contributed by atoms with Gasteiger partial charge in [-0.25, -0.2) is 0 Å². The van der Waals surface area contributed by atoms with Crippen LogP contribution < -0.4 is 4.74 Å². The van der Waals surface area contributed by atoms with E-state index >= 15 is 0 Å². The van der Waals surface area contributed by atoms with Gasteiger partial charge in [0.1, 0.15) is 5.75 Å². The van der Waals surface area contributed by atoms with Crippen LogP contribution in [0.1, 0.15) is 32.0 Å². The van der Waals surface area contributed by atoms with Gasteiger partial charge in [-0.1, -0.05) is 5.16 Å². The van der Waals surface area contributed by atoms with Crippen LogP contribution in [-0.2, 0) is 4.74 Å². The number of aromatic nitrogens is 2. The van der Waals surface area contributed by atoms with Crippen molar-refractivity contribution < 1.29 is 14.0 Å². The molecule has 5 heteroatoms. The number of hydrogen-bond acceptors (Lipinski definition) is 5. The van der Waals surface area contributed by atoms with E-state index in [1.807, 2.05) is 38.1 Å². The van der Waals surface area contributed by atoms with E-state index in [1.165, 1.54) is 0 Å². The monoisotopic (exact) mass is 274 g/mol. The van der Waals surface area contributed by atoms with Gasteiger partial charge in [-0.05, 0) is 44.5 Å². The van der Waals surface area contributed by atoms with Crippen LogP contribution in [0, 0.1) is 0 Å². The molecule has 1 fully saturated rings. The Morgan fingerprint density at radius 3 is 2.70 bits per heavy atom. The Morgan fingerprint density at radius 1 is 1.25 bits per heavy atom. The van der Waals surface area contributed by atoms with Gasteiger partial charge in [-0.15, -0.1) is 0 Å². The Morgan fingerprint density at radius 2 is 2.05 bits per heavy atom. The largest absolute Gasteiger partial charge is 0.491 e. The molecule has 1 saturated heterocycles. The first kappa shape index (κ1) is 13.1. The molecular formula is C15H18N2O3. The Bertz CT molecular complexity index is 557. The highest BCUT2D eigenvalue weighted by Crippen LogP contribution is 2.26. The summed E-state index contributed by atoms with van der Waals surface area (Å²) < 4.78 is 16.3. The second-order valence-corrected chi connectivity index (χ2v) is 5.21. The van der Waals surface area contributed by atoms with Crippen LogP contribution in [0.2, 0.25) is 0 Å². The van der Waals surface area contributed by atoms with Gasteiger partial charge in [0, 0.05) is 18.1 Å². The summed E-state index contributed by atoms with van der Waals surface area (Å²) in [6, 6.07) is 7.69. The van der Waals surface area contributed by atoms with Gasteiger partial charge in [0.2, 0.25) is 0 Å². The molecule has 0 spiro atoms. The maximum Gasteiger partial charge on any atom is 0.257 e. The van der Waals surface area contributed by atoms with Crippen LogP contribution >= 0.6 is 0 Å². The van der Waals surface area contributed by atoms with E-state index in [4.69, 9.17) is 14.0 Å². The molecule has 1 atom stereocenters. The molecule has 3 rings (SSSR count). The molecular weight excluding hydrogens is 256 g/mol. The molecule has 1 aromatic heterocycles. The minimum atomic E-state index is 0.165. The van der Waals surface area contributed by atoms with Crippen molar-refractivity contribution in [3.63, 3.8) is 0 Å². The van der Waals surface area contributed by atoms with E-state index in [0.717, 1.165) is 30.2 Å². The minimum Gasteiger partial charge on any atom is -0.491 e. The average Bonchev–Trinajstić information content (AvgIpc) is 3.10. The zero-order chi connectivity index (χ0) is 13.9. The van der Waals surface area contributed by atoms with E-state index in [-0.39, 0.29) is 12.0 Å². The minimum absolute atomic E-state index is 0.165. The highest BCUT2D eigenvalue weighted by molar-refractivity contribution is 5.54. The van der Waals surface area contributed by atoms with E-state index in [9.17, 15) is 0 Å². The molecule has 2 aromatic rings. The van der Waals surface area contributed by atoms with E-state index < -0.39 is 0 Å². The number of rotatable bonds is 4. The summed E-state index contributed by atoms with van der Waals surface area (Å²) in [5.74, 6) is 2.38. The first-order valence-corrected chi connectivity index (χ1v) is 6.91. The van der Waals surface area contributed by atoms with Crippen molar-refractivity contribution in [3.05, 3.63) is 30.1 Å². The summed E-state index contributed by atoms with van der Waals surface area (Å²) in [5, 5.41) is 4.05. The molecule has 106 valence electrons. The van der Waals surface area contributed by atoms with Gasteiger partial charge in [-0.2, -0.15) is 4.98 Å². The van der Waals surface area contributed by atoms with Crippen molar-refractivity contribution in [2.45, 2.75) is 32.3 Å². The normalized spacial score (nSPS) is 18.6. The van der Waals surface area contributed by atoms with Crippen molar-refractivity contribution >= 4 is 0 Å². The first-order chi connectivity index (χ1) is 9.72. The number of ether oxygens (including phenoxy) is 2.